The molecule has 116 valence electrons. The molecule has 22 heavy (non-hydrogen) atoms. The molecule has 0 spiro atoms. The minimum Gasteiger partial charge on any atom is -0.481 e. The van der Waals surface area contributed by atoms with Gasteiger partial charge in [0.15, 0.2) is 18.2 Å². The van der Waals surface area contributed by atoms with Crippen molar-refractivity contribution in [2.75, 3.05) is 13.7 Å². The van der Waals surface area contributed by atoms with Crippen molar-refractivity contribution < 1.29 is 18.7 Å². The summed E-state index contributed by atoms with van der Waals surface area (Å²) in [4.78, 5) is 11.8. The number of amides is 1. The monoisotopic (exact) mass is 303 g/mol. The first kappa shape index (κ1) is 16.0. The minimum absolute atomic E-state index is 0.0671. The van der Waals surface area contributed by atoms with Crippen molar-refractivity contribution in [2.45, 2.75) is 13.2 Å². The second-order valence-corrected chi connectivity index (χ2v) is 4.70. The summed E-state index contributed by atoms with van der Waals surface area (Å²) in [7, 11) is 1.62. The summed E-state index contributed by atoms with van der Waals surface area (Å²) >= 11 is 0. The maximum Gasteiger partial charge on any atom is 0.258 e. The number of benzene rings is 2. The lowest BCUT2D eigenvalue weighted by atomic mass is 10.1. The van der Waals surface area contributed by atoms with Gasteiger partial charge in [0, 0.05) is 13.7 Å². The third-order valence-electron chi connectivity index (χ3n) is 3.09. The minimum atomic E-state index is -0.485. The number of rotatable bonds is 7. The number of methoxy groups -OCH3 is 1. The predicted octanol–water partition coefficient (Wildman–Crippen LogP) is 2.67. The van der Waals surface area contributed by atoms with Gasteiger partial charge in [0.25, 0.3) is 5.91 Å². The quantitative estimate of drug-likeness (QED) is 0.855. The molecule has 0 unspecified atom stereocenters. The van der Waals surface area contributed by atoms with E-state index in [0.29, 0.717) is 13.2 Å². The Morgan fingerprint density at radius 1 is 1.09 bits per heavy atom. The Labute approximate surface area is 128 Å². The number of carbonyl (C=O) groups is 1. The Bertz CT molecular complexity index is 631. The Morgan fingerprint density at radius 2 is 1.77 bits per heavy atom. The zero-order valence-corrected chi connectivity index (χ0v) is 12.3. The van der Waals surface area contributed by atoms with Gasteiger partial charge >= 0.3 is 0 Å². The summed E-state index contributed by atoms with van der Waals surface area (Å²) < 4.78 is 23.6. The van der Waals surface area contributed by atoms with Crippen LogP contribution < -0.4 is 10.1 Å². The highest BCUT2D eigenvalue weighted by molar-refractivity contribution is 5.77. The number of ether oxygens (including phenoxy) is 2. The van der Waals surface area contributed by atoms with E-state index < -0.39 is 5.82 Å². The molecule has 0 heterocycles. The van der Waals surface area contributed by atoms with Gasteiger partial charge in [-0.15, -0.1) is 0 Å². The molecule has 2 rings (SSSR count). The zero-order chi connectivity index (χ0) is 15.8. The molecule has 1 N–H and O–H groups in total. The normalized spacial score (nSPS) is 10.3. The van der Waals surface area contributed by atoms with E-state index in [1.807, 2.05) is 24.3 Å². The van der Waals surface area contributed by atoms with Crippen LogP contribution in [0.15, 0.2) is 48.5 Å². The van der Waals surface area contributed by atoms with Gasteiger partial charge in [0.05, 0.1) is 6.61 Å². The van der Waals surface area contributed by atoms with Crippen LogP contribution in [0.5, 0.6) is 5.75 Å². The Balaban J connectivity index is 1.84. The topological polar surface area (TPSA) is 47.6 Å². The highest BCUT2D eigenvalue weighted by Gasteiger charge is 2.07. The molecule has 0 aliphatic rings. The van der Waals surface area contributed by atoms with Crippen molar-refractivity contribution in [3.05, 3.63) is 65.5 Å². The molecule has 0 bridgehead atoms. The van der Waals surface area contributed by atoms with Gasteiger partial charge in [-0.25, -0.2) is 4.39 Å². The highest BCUT2D eigenvalue weighted by Crippen LogP contribution is 2.15. The van der Waals surface area contributed by atoms with Crippen LogP contribution in [-0.2, 0) is 22.7 Å². The third-order valence-corrected chi connectivity index (χ3v) is 3.09. The first-order valence-electron chi connectivity index (χ1n) is 6.90. The van der Waals surface area contributed by atoms with Gasteiger partial charge in [0.2, 0.25) is 0 Å². The van der Waals surface area contributed by atoms with Crippen LogP contribution >= 0.6 is 0 Å². The number of hydrogen-bond acceptors (Lipinski definition) is 3. The van der Waals surface area contributed by atoms with Crippen LogP contribution in [-0.4, -0.2) is 19.6 Å². The molecule has 0 aromatic heterocycles. The van der Waals surface area contributed by atoms with Crippen molar-refractivity contribution in [3.8, 4) is 5.75 Å². The van der Waals surface area contributed by atoms with Gasteiger partial charge in [-0.1, -0.05) is 36.4 Å². The first-order chi connectivity index (χ1) is 10.7. The van der Waals surface area contributed by atoms with Crippen LogP contribution in [0.25, 0.3) is 0 Å². The predicted molar refractivity (Wildman–Crippen MR) is 80.9 cm³/mol. The van der Waals surface area contributed by atoms with E-state index in [4.69, 9.17) is 9.47 Å². The van der Waals surface area contributed by atoms with E-state index in [9.17, 15) is 9.18 Å². The summed E-state index contributed by atoms with van der Waals surface area (Å²) in [6, 6.07) is 13.7. The molecular weight excluding hydrogens is 285 g/mol. The largest absolute Gasteiger partial charge is 0.481 e. The van der Waals surface area contributed by atoms with E-state index in [1.54, 1.807) is 19.2 Å². The maximum atomic E-state index is 13.4. The number of carbonyl (C=O) groups excluding carboxylic acids is 1. The number of para-hydroxylation sites is 1. The summed E-state index contributed by atoms with van der Waals surface area (Å²) in [5.74, 6) is -0.728. The highest BCUT2D eigenvalue weighted by atomic mass is 19.1. The molecule has 0 atom stereocenters. The summed E-state index contributed by atoms with van der Waals surface area (Å²) in [6.45, 7) is 0.629. The second kappa shape index (κ2) is 8.14. The molecule has 4 nitrogen and oxygen atoms in total. The van der Waals surface area contributed by atoms with Crippen molar-refractivity contribution in [1.29, 1.82) is 0 Å². The number of hydrogen-bond donors (Lipinski definition) is 1. The average molecular weight is 303 g/mol. The molecular formula is C17H18FNO3. The lowest BCUT2D eigenvalue weighted by molar-refractivity contribution is -0.123. The Kier molecular flexibility index (Phi) is 5.91. The second-order valence-electron chi connectivity index (χ2n) is 4.70. The first-order valence-corrected chi connectivity index (χ1v) is 6.90. The molecule has 2 aromatic rings. The van der Waals surface area contributed by atoms with Gasteiger partial charge in [-0.3, -0.25) is 4.79 Å². The number of nitrogens with one attached hydrogen (secondary N) is 1. The van der Waals surface area contributed by atoms with Crippen LogP contribution in [0.2, 0.25) is 0 Å². The summed E-state index contributed by atoms with van der Waals surface area (Å²) in [6.07, 6.45) is 0. The van der Waals surface area contributed by atoms with Crippen LogP contribution in [0, 0.1) is 5.82 Å². The molecule has 0 aliphatic carbocycles. The van der Waals surface area contributed by atoms with E-state index in [-0.39, 0.29) is 18.3 Å². The van der Waals surface area contributed by atoms with Gasteiger partial charge in [-0.2, -0.15) is 0 Å². The van der Waals surface area contributed by atoms with E-state index in [1.165, 1.54) is 12.1 Å². The van der Waals surface area contributed by atoms with E-state index >= 15 is 0 Å². The van der Waals surface area contributed by atoms with Crippen molar-refractivity contribution in [2.24, 2.45) is 0 Å². The molecule has 2 aromatic carbocycles. The molecule has 0 radical (unpaired) electrons. The molecule has 0 saturated carbocycles. The lowest BCUT2D eigenvalue weighted by Crippen LogP contribution is -2.29. The SMILES string of the molecule is COCc1ccccc1CNC(=O)COc1ccccc1F. The van der Waals surface area contributed by atoms with E-state index in [0.717, 1.165) is 11.1 Å². The Hall–Kier alpha value is -2.40. The van der Waals surface area contributed by atoms with Gasteiger partial charge < -0.3 is 14.8 Å². The molecule has 1 amide bonds. The van der Waals surface area contributed by atoms with Crippen LogP contribution in [0.1, 0.15) is 11.1 Å². The van der Waals surface area contributed by atoms with E-state index in [2.05, 4.69) is 5.32 Å². The summed E-state index contributed by atoms with van der Waals surface area (Å²) in [5.41, 5.74) is 1.99. The smallest absolute Gasteiger partial charge is 0.258 e. The maximum absolute atomic E-state index is 13.4. The fraction of sp³-hybridized carbons (Fsp3) is 0.235. The van der Waals surface area contributed by atoms with Gasteiger partial charge in [-0.05, 0) is 23.3 Å². The van der Waals surface area contributed by atoms with Crippen molar-refractivity contribution >= 4 is 5.91 Å². The van der Waals surface area contributed by atoms with Crippen molar-refractivity contribution in [3.63, 3.8) is 0 Å². The molecule has 0 saturated heterocycles. The van der Waals surface area contributed by atoms with Crippen molar-refractivity contribution in [1.82, 2.24) is 5.32 Å². The third kappa shape index (κ3) is 4.56. The summed E-state index contributed by atoms with van der Waals surface area (Å²) in [5, 5.41) is 2.75. The van der Waals surface area contributed by atoms with Crippen LogP contribution in [0.3, 0.4) is 0 Å². The lowest BCUT2D eigenvalue weighted by Gasteiger charge is -2.11. The molecule has 0 fully saturated rings. The van der Waals surface area contributed by atoms with Crippen LogP contribution in [0.4, 0.5) is 4.39 Å². The standard InChI is InChI=1S/C17H18FNO3/c1-21-11-14-7-3-2-6-13(14)10-19-17(20)12-22-16-9-5-4-8-15(16)18/h2-9H,10-12H2,1H3,(H,19,20). The molecule has 0 aliphatic heterocycles. The Morgan fingerprint density at radius 3 is 2.50 bits per heavy atom. The molecule has 5 heteroatoms. The van der Waals surface area contributed by atoms with Gasteiger partial charge in [0.1, 0.15) is 0 Å². The number of halogens is 1. The fourth-order valence-electron chi connectivity index (χ4n) is 1.98. The fourth-order valence-corrected chi connectivity index (χ4v) is 1.98. The zero-order valence-electron chi connectivity index (χ0n) is 12.3. The average Bonchev–Trinajstić information content (AvgIpc) is 2.53.